The van der Waals surface area contributed by atoms with E-state index in [-0.39, 0.29) is 24.3 Å². The molecule has 32 heavy (non-hydrogen) atoms. The van der Waals surface area contributed by atoms with Gasteiger partial charge in [0.15, 0.2) is 5.82 Å². The van der Waals surface area contributed by atoms with Gasteiger partial charge in [0, 0.05) is 31.1 Å². The van der Waals surface area contributed by atoms with Crippen molar-refractivity contribution in [3.8, 4) is 11.4 Å². The molecular formula is C25H29N5O2. The van der Waals surface area contributed by atoms with Crippen LogP contribution in [0.1, 0.15) is 55.6 Å². The van der Waals surface area contributed by atoms with Gasteiger partial charge in [-0.15, -0.1) is 10.2 Å². The van der Waals surface area contributed by atoms with Crippen LogP contribution < -0.4 is 10.6 Å². The lowest BCUT2D eigenvalue weighted by molar-refractivity contribution is -0.120. The van der Waals surface area contributed by atoms with Crippen molar-refractivity contribution in [2.24, 2.45) is 0 Å². The molecule has 2 amide bonds. The van der Waals surface area contributed by atoms with Gasteiger partial charge in [-0.05, 0) is 37.5 Å². The molecule has 3 aromatic rings. The molecule has 1 aliphatic heterocycles. The van der Waals surface area contributed by atoms with Crippen molar-refractivity contribution in [1.29, 1.82) is 0 Å². The second-order valence-electron chi connectivity index (χ2n) is 8.40. The predicted octanol–water partition coefficient (Wildman–Crippen LogP) is 4.19. The van der Waals surface area contributed by atoms with E-state index in [1.165, 1.54) is 13.3 Å². The lowest BCUT2D eigenvalue weighted by Crippen LogP contribution is -2.29. The number of amides is 2. The summed E-state index contributed by atoms with van der Waals surface area (Å²) in [6.07, 6.45) is 4.57. The summed E-state index contributed by atoms with van der Waals surface area (Å²) in [6, 6.07) is 15.2. The summed E-state index contributed by atoms with van der Waals surface area (Å²) in [5.74, 6) is 1.54. The van der Waals surface area contributed by atoms with Crippen LogP contribution in [0.3, 0.4) is 0 Å². The third-order valence-corrected chi connectivity index (χ3v) is 5.76. The maximum absolute atomic E-state index is 12.8. The molecule has 2 heterocycles. The van der Waals surface area contributed by atoms with Crippen LogP contribution in [0.15, 0.2) is 48.5 Å². The summed E-state index contributed by atoms with van der Waals surface area (Å²) in [5, 5.41) is 14.6. The number of nitrogens with zero attached hydrogens (tertiary/aromatic N) is 3. The van der Waals surface area contributed by atoms with E-state index >= 15 is 0 Å². The number of hydrogen-bond donors (Lipinski definition) is 2. The molecule has 166 valence electrons. The number of anilines is 1. The molecule has 0 saturated heterocycles. The largest absolute Gasteiger partial charge is 0.349 e. The third kappa shape index (κ3) is 5.22. The number of aromatic nitrogens is 3. The van der Waals surface area contributed by atoms with Gasteiger partial charge < -0.3 is 15.2 Å². The normalized spacial score (nSPS) is 14.2. The van der Waals surface area contributed by atoms with Crippen LogP contribution >= 0.6 is 0 Å². The van der Waals surface area contributed by atoms with Gasteiger partial charge in [-0.25, -0.2) is 0 Å². The quantitative estimate of drug-likeness (QED) is 0.613. The first-order valence-electron chi connectivity index (χ1n) is 11.2. The van der Waals surface area contributed by atoms with Gasteiger partial charge in [-0.2, -0.15) is 0 Å². The standard InChI is InChI=1S/C25H29N5O2/c1-17-10-12-19(13-11-17)22(26-18(2)31)16-24(32)27-21-8-6-7-20(15-21)25-29-28-23-9-4-3-5-14-30(23)25/h6-8,10-13,15,22H,3-5,9,14,16H2,1-2H3,(H,26,31)(H,27,32). The number of nitrogens with one attached hydrogen (secondary N) is 2. The third-order valence-electron chi connectivity index (χ3n) is 5.76. The molecule has 7 heteroatoms. The van der Waals surface area contributed by atoms with Gasteiger partial charge in [0.2, 0.25) is 11.8 Å². The average molecular weight is 432 g/mol. The monoisotopic (exact) mass is 431 g/mol. The Hall–Kier alpha value is -3.48. The Balaban J connectivity index is 1.49. The highest BCUT2D eigenvalue weighted by Gasteiger charge is 2.19. The van der Waals surface area contributed by atoms with Crippen molar-refractivity contribution in [2.45, 2.75) is 58.5 Å². The number of hydrogen-bond acceptors (Lipinski definition) is 4. The van der Waals surface area contributed by atoms with E-state index in [4.69, 9.17) is 0 Å². The first-order chi connectivity index (χ1) is 15.5. The van der Waals surface area contributed by atoms with Crippen molar-refractivity contribution >= 4 is 17.5 Å². The van der Waals surface area contributed by atoms with E-state index in [9.17, 15) is 9.59 Å². The molecule has 0 spiro atoms. The Kier molecular flexibility index (Phi) is 6.63. The molecule has 1 aliphatic rings. The minimum Gasteiger partial charge on any atom is -0.349 e. The average Bonchev–Trinajstić information content (AvgIpc) is 3.02. The Morgan fingerprint density at radius 2 is 1.88 bits per heavy atom. The lowest BCUT2D eigenvalue weighted by atomic mass is 10.0. The minimum absolute atomic E-state index is 0.146. The fraction of sp³-hybridized carbons (Fsp3) is 0.360. The zero-order chi connectivity index (χ0) is 22.5. The summed E-state index contributed by atoms with van der Waals surface area (Å²) in [7, 11) is 0. The molecule has 0 bridgehead atoms. The van der Waals surface area contributed by atoms with E-state index < -0.39 is 0 Å². The number of carbonyl (C=O) groups excluding carboxylic acids is 2. The molecule has 1 aromatic heterocycles. The fourth-order valence-electron chi connectivity index (χ4n) is 4.13. The minimum atomic E-state index is -0.386. The van der Waals surface area contributed by atoms with Gasteiger partial charge in [0.25, 0.3) is 0 Å². The van der Waals surface area contributed by atoms with Gasteiger partial charge in [0.05, 0.1) is 12.5 Å². The van der Waals surface area contributed by atoms with E-state index in [1.54, 1.807) is 0 Å². The van der Waals surface area contributed by atoms with Gasteiger partial charge in [0.1, 0.15) is 5.82 Å². The van der Waals surface area contributed by atoms with E-state index in [2.05, 4.69) is 25.4 Å². The molecule has 0 saturated carbocycles. The van der Waals surface area contributed by atoms with Gasteiger partial charge in [-0.1, -0.05) is 48.4 Å². The molecule has 0 radical (unpaired) electrons. The molecule has 1 atom stereocenters. The first-order valence-corrected chi connectivity index (χ1v) is 11.2. The summed E-state index contributed by atoms with van der Waals surface area (Å²) in [4.78, 5) is 24.5. The van der Waals surface area contributed by atoms with Crippen LogP contribution in [0.25, 0.3) is 11.4 Å². The second-order valence-corrected chi connectivity index (χ2v) is 8.40. The number of rotatable bonds is 6. The fourth-order valence-corrected chi connectivity index (χ4v) is 4.13. The molecule has 4 rings (SSSR count). The zero-order valence-electron chi connectivity index (χ0n) is 18.6. The van der Waals surface area contributed by atoms with Crippen molar-refractivity contribution in [2.75, 3.05) is 5.32 Å². The van der Waals surface area contributed by atoms with E-state index in [0.717, 1.165) is 54.1 Å². The van der Waals surface area contributed by atoms with Crippen molar-refractivity contribution < 1.29 is 9.59 Å². The molecular weight excluding hydrogens is 402 g/mol. The highest BCUT2D eigenvalue weighted by Crippen LogP contribution is 2.25. The summed E-state index contributed by atoms with van der Waals surface area (Å²) in [5.41, 5.74) is 3.66. The molecule has 2 N–H and O–H groups in total. The maximum atomic E-state index is 12.8. The Morgan fingerprint density at radius 1 is 1.06 bits per heavy atom. The number of fused-ring (bicyclic) bond motifs is 1. The molecule has 7 nitrogen and oxygen atoms in total. The Bertz CT molecular complexity index is 1100. The van der Waals surface area contributed by atoms with Crippen molar-refractivity contribution in [1.82, 2.24) is 20.1 Å². The Morgan fingerprint density at radius 3 is 2.66 bits per heavy atom. The topological polar surface area (TPSA) is 88.9 Å². The lowest BCUT2D eigenvalue weighted by Gasteiger charge is -2.18. The Labute approximate surface area is 188 Å². The highest BCUT2D eigenvalue weighted by molar-refractivity contribution is 5.92. The highest BCUT2D eigenvalue weighted by atomic mass is 16.2. The number of aryl methyl sites for hydroxylation is 2. The predicted molar refractivity (Wildman–Crippen MR) is 124 cm³/mol. The molecule has 1 unspecified atom stereocenters. The number of carbonyl (C=O) groups is 2. The van der Waals surface area contributed by atoms with Gasteiger partial charge in [-0.3, -0.25) is 9.59 Å². The van der Waals surface area contributed by atoms with Gasteiger partial charge >= 0.3 is 0 Å². The summed E-state index contributed by atoms with van der Waals surface area (Å²) in [6.45, 7) is 4.39. The van der Waals surface area contributed by atoms with E-state index in [0.29, 0.717) is 5.69 Å². The van der Waals surface area contributed by atoms with Crippen LogP contribution in [-0.2, 0) is 22.6 Å². The zero-order valence-corrected chi connectivity index (χ0v) is 18.6. The number of benzene rings is 2. The van der Waals surface area contributed by atoms with Crippen LogP contribution in [0.4, 0.5) is 5.69 Å². The van der Waals surface area contributed by atoms with Crippen LogP contribution in [0, 0.1) is 6.92 Å². The smallest absolute Gasteiger partial charge is 0.226 e. The molecule has 0 fully saturated rings. The SMILES string of the molecule is CC(=O)NC(CC(=O)Nc1cccc(-c2nnc3n2CCCCC3)c1)c1ccc(C)cc1. The second kappa shape index (κ2) is 9.77. The molecule has 0 aliphatic carbocycles. The van der Waals surface area contributed by atoms with Crippen LogP contribution in [0.5, 0.6) is 0 Å². The molecule has 2 aromatic carbocycles. The van der Waals surface area contributed by atoms with Crippen molar-refractivity contribution in [3.63, 3.8) is 0 Å². The van der Waals surface area contributed by atoms with E-state index in [1.807, 2.05) is 55.5 Å². The maximum Gasteiger partial charge on any atom is 0.226 e. The van der Waals surface area contributed by atoms with Crippen LogP contribution in [-0.4, -0.2) is 26.6 Å². The summed E-state index contributed by atoms with van der Waals surface area (Å²) >= 11 is 0. The van der Waals surface area contributed by atoms with Crippen molar-refractivity contribution in [3.05, 3.63) is 65.5 Å². The summed E-state index contributed by atoms with van der Waals surface area (Å²) < 4.78 is 2.19. The van der Waals surface area contributed by atoms with Crippen LogP contribution in [0.2, 0.25) is 0 Å². The first kappa shape index (κ1) is 21.7.